The molecule has 2 aromatic carbocycles. The fraction of sp³-hybridized carbons (Fsp3) is 0.552. The smallest absolute Gasteiger partial charge is 0.243 e. The van der Waals surface area contributed by atoms with E-state index < -0.39 is 22.2 Å². The zero-order chi connectivity index (χ0) is 28.7. The van der Waals surface area contributed by atoms with Crippen molar-refractivity contribution < 1.29 is 37.3 Å². The van der Waals surface area contributed by atoms with Crippen LogP contribution in [0.4, 0.5) is 0 Å². The van der Waals surface area contributed by atoms with Gasteiger partial charge in [-0.15, -0.1) is 0 Å². The minimum Gasteiger partial charge on any atom is -0.497 e. The summed E-state index contributed by atoms with van der Waals surface area (Å²) in [5.74, 6) is 0.773. The average Bonchev–Trinajstić information content (AvgIpc) is 3.57. The molecule has 0 aliphatic carbocycles. The van der Waals surface area contributed by atoms with Crippen LogP contribution in [0, 0.1) is 11.8 Å². The topological polar surface area (TPSA) is 124 Å². The van der Waals surface area contributed by atoms with Gasteiger partial charge in [0.1, 0.15) is 12.0 Å². The van der Waals surface area contributed by atoms with Crippen LogP contribution < -0.4 is 10.1 Å². The summed E-state index contributed by atoms with van der Waals surface area (Å²) in [5.41, 5.74) is 1.45. The Kier molecular flexibility index (Phi) is 10.7. The fourth-order valence-corrected chi connectivity index (χ4v) is 6.72. The molecule has 2 aromatic rings. The first kappa shape index (κ1) is 30.6. The lowest BCUT2D eigenvalue weighted by molar-refractivity contribution is -0.0909. The molecular weight excluding hydrogens is 536 g/mol. The summed E-state index contributed by atoms with van der Waals surface area (Å²) in [5, 5.41) is 14.7. The third-order valence-corrected chi connectivity index (χ3v) is 9.17. The van der Waals surface area contributed by atoms with E-state index in [1.807, 2.05) is 26.0 Å². The molecule has 2 aliphatic heterocycles. The van der Waals surface area contributed by atoms with Crippen molar-refractivity contribution >= 4 is 16.3 Å². The highest BCUT2D eigenvalue weighted by atomic mass is 32.2. The van der Waals surface area contributed by atoms with Gasteiger partial charge in [0.2, 0.25) is 10.0 Å². The van der Waals surface area contributed by atoms with Crippen LogP contribution in [-0.2, 0) is 30.7 Å². The van der Waals surface area contributed by atoms with Gasteiger partial charge in [-0.05, 0) is 48.6 Å². The highest BCUT2D eigenvalue weighted by Crippen LogP contribution is 2.32. The van der Waals surface area contributed by atoms with Crippen LogP contribution in [0.5, 0.6) is 5.75 Å². The molecule has 0 spiro atoms. The maximum absolute atomic E-state index is 13.6. The lowest BCUT2D eigenvalue weighted by Gasteiger charge is -2.31. The van der Waals surface area contributed by atoms with Gasteiger partial charge in [-0.25, -0.2) is 8.42 Å². The van der Waals surface area contributed by atoms with Gasteiger partial charge in [-0.1, -0.05) is 38.1 Å². The molecule has 11 heteroatoms. The van der Waals surface area contributed by atoms with Crippen molar-refractivity contribution in [3.05, 3.63) is 59.7 Å². The molecule has 2 aliphatic rings. The number of benzene rings is 2. The number of fused-ring (bicyclic) bond motifs is 1. The Morgan fingerprint density at radius 2 is 1.82 bits per heavy atom. The molecule has 0 unspecified atom stereocenters. The van der Waals surface area contributed by atoms with Gasteiger partial charge < -0.3 is 24.1 Å². The van der Waals surface area contributed by atoms with E-state index >= 15 is 0 Å². The second-order valence-corrected chi connectivity index (χ2v) is 12.6. The maximum atomic E-state index is 13.6. The van der Waals surface area contributed by atoms with Gasteiger partial charge in [0.05, 0.1) is 44.2 Å². The quantitative estimate of drug-likeness (QED) is 0.243. The highest BCUT2D eigenvalue weighted by molar-refractivity contribution is 7.89. The van der Waals surface area contributed by atoms with E-state index in [0.29, 0.717) is 30.9 Å². The van der Waals surface area contributed by atoms with Crippen molar-refractivity contribution in [1.29, 1.82) is 0 Å². The Bertz CT molecular complexity index is 1190. The summed E-state index contributed by atoms with van der Waals surface area (Å²) in [6.45, 7) is 5.25. The highest BCUT2D eigenvalue weighted by Gasteiger charge is 2.42. The number of carbonyl (C=O) groups is 1. The van der Waals surface area contributed by atoms with Crippen LogP contribution in [0.3, 0.4) is 0 Å². The van der Waals surface area contributed by atoms with E-state index in [1.54, 1.807) is 24.3 Å². The number of hydrogen-bond donors (Lipinski definition) is 2. The zero-order valence-corrected chi connectivity index (χ0v) is 24.1. The number of rotatable bonds is 15. The molecular formula is C29H40N2O8S. The number of nitrogens with zero attached hydrogens (tertiary/aromatic N) is 1. The molecule has 0 bridgehead atoms. The Morgan fingerprint density at radius 3 is 2.48 bits per heavy atom. The van der Waals surface area contributed by atoms with Gasteiger partial charge in [0.15, 0.2) is 6.29 Å². The summed E-state index contributed by atoms with van der Waals surface area (Å²) in [7, 11) is -2.36. The first-order chi connectivity index (χ1) is 19.2. The van der Waals surface area contributed by atoms with E-state index in [-0.39, 0.29) is 48.9 Å². The summed E-state index contributed by atoms with van der Waals surface area (Å²) < 4.78 is 51.1. The maximum Gasteiger partial charge on any atom is 0.243 e. The van der Waals surface area contributed by atoms with Crippen LogP contribution in [0.15, 0.2) is 53.4 Å². The predicted octanol–water partition coefficient (Wildman–Crippen LogP) is 2.45. The van der Waals surface area contributed by atoms with Crippen LogP contribution in [0.1, 0.15) is 36.2 Å². The Hall–Kier alpha value is -2.38. The number of methoxy groups -OCH3 is 1. The SMILES string of the molecule is COc1ccc(S(=O)(=O)N(CC(C)C)C[C@@H](O)[C@H](Cc2ccc(C=O)cc2)NCO[C@H]2CO[C@H]3OCC[C@H]32)cc1. The number of aliphatic hydroxyl groups is 1. The summed E-state index contributed by atoms with van der Waals surface area (Å²) >= 11 is 0. The molecule has 0 aromatic heterocycles. The first-order valence-electron chi connectivity index (χ1n) is 13.7. The van der Waals surface area contributed by atoms with Crippen molar-refractivity contribution in [2.75, 3.05) is 40.1 Å². The van der Waals surface area contributed by atoms with E-state index in [9.17, 15) is 18.3 Å². The first-order valence-corrected chi connectivity index (χ1v) is 15.1. The molecule has 0 saturated carbocycles. The van der Waals surface area contributed by atoms with Crippen LogP contribution in [0.2, 0.25) is 0 Å². The van der Waals surface area contributed by atoms with Gasteiger partial charge in [-0.3, -0.25) is 10.1 Å². The summed E-state index contributed by atoms with van der Waals surface area (Å²) in [4.78, 5) is 11.2. The number of nitrogens with one attached hydrogen (secondary N) is 1. The lowest BCUT2D eigenvalue weighted by atomic mass is 10.00. The molecule has 2 N–H and O–H groups in total. The Labute approximate surface area is 236 Å². The molecule has 2 saturated heterocycles. The average molecular weight is 577 g/mol. The second-order valence-electron chi connectivity index (χ2n) is 10.7. The van der Waals surface area contributed by atoms with Gasteiger partial charge in [-0.2, -0.15) is 4.31 Å². The number of carbonyl (C=O) groups excluding carboxylic acids is 1. The number of aldehydes is 1. The van der Waals surface area contributed by atoms with Crippen LogP contribution >= 0.6 is 0 Å². The second kappa shape index (κ2) is 14.0. The number of aliphatic hydroxyl groups excluding tert-OH is 1. The summed E-state index contributed by atoms with van der Waals surface area (Å²) in [6.07, 6.45) is 0.659. The number of sulfonamides is 1. The molecule has 5 atom stereocenters. The van der Waals surface area contributed by atoms with Gasteiger partial charge in [0.25, 0.3) is 0 Å². The number of hydrogen-bond acceptors (Lipinski definition) is 9. The Morgan fingerprint density at radius 1 is 1.10 bits per heavy atom. The number of ether oxygens (including phenoxy) is 4. The normalized spacial score (nSPS) is 22.4. The third-order valence-electron chi connectivity index (χ3n) is 7.32. The Balaban J connectivity index is 1.49. The third kappa shape index (κ3) is 7.67. The zero-order valence-electron chi connectivity index (χ0n) is 23.3. The molecule has 10 nitrogen and oxygen atoms in total. The molecule has 4 rings (SSSR count). The largest absolute Gasteiger partial charge is 0.497 e. The molecule has 2 fully saturated rings. The molecule has 220 valence electrons. The molecule has 40 heavy (non-hydrogen) atoms. The van der Waals surface area contributed by atoms with E-state index in [2.05, 4.69) is 5.32 Å². The minimum absolute atomic E-state index is 0.0368. The fourth-order valence-electron chi connectivity index (χ4n) is 5.10. The van der Waals surface area contributed by atoms with E-state index in [1.165, 1.54) is 23.5 Å². The van der Waals surface area contributed by atoms with Crippen molar-refractivity contribution in [2.45, 2.75) is 56.1 Å². The lowest BCUT2D eigenvalue weighted by Crippen LogP contribution is -2.50. The summed E-state index contributed by atoms with van der Waals surface area (Å²) in [6, 6.07) is 12.8. The monoisotopic (exact) mass is 576 g/mol. The van der Waals surface area contributed by atoms with Crippen molar-refractivity contribution in [2.24, 2.45) is 11.8 Å². The van der Waals surface area contributed by atoms with Crippen LogP contribution in [0.25, 0.3) is 0 Å². The van der Waals surface area contributed by atoms with Crippen LogP contribution in [-0.4, -0.2) is 88.8 Å². The molecule has 0 radical (unpaired) electrons. The van der Waals surface area contributed by atoms with Crippen molar-refractivity contribution in [3.63, 3.8) is 0 Å². The minimum atomic E-state index is -3.89. The van der Waals surface area contributed by atoms with Gasteiger partial charge >= 0.3 is 0 Å². The van der Waals surface area contributed by atoms with E-state index in [4.69, 9.17) is 18.9 Å². The van der Waals surface area contributed by atoms with E-state index in [0.717, 1.165) is 18.3 Å². The molecule has 0 amide bonds. The predicted molar refractivity (Wildman–Crippen MR) is 149 cm³/mol. The van der Waals surface area contributed by atoms with Crippen molar-refractivity contribution in [3.8, 4) is 5.75 Å². The standard InChI is InChI=1S/C29H40N2O8S/c1-20(2)15-31(40(34,35)24-10-8-23(36-3)9-11-24)16-27(33)26(14-21-4-6-22(17-32)7-5-21)30-19-39-28-18-38-29-25(28)12-13-37-29/h4-11,17,20,25-30,33H,12-16,18-19H2,1-3H3/t25-,26-,27+,28-,29+/m0/s1. The van der Waals surface area contributed by atoms with Gasteiger partial charge in [0, 0.05) is 30.6 Å². The van der Waals surface area contributed by atoms with Crippen molar-refractivity contribution in [1.82, 2.24) is 9.62 Å². The molecule has 2 heterocycles.